The number of hydrogen-bond acceptors (Lipinski definition) is 3. The van der Waals surface area contributed by atoms with E-state index in [0.29, 0.717) is 19.0 Å². The highest BCUT2D eigenvalue weighted by molar-refractivity contribution is 7.09. The Kier molecular flexibility index (Phi) is 4.01. The van der Waals surface area contributed by atoms with Crippen molar-refractivity contribution in [3.63, 3.8) is 0 Å². The minimum Gasteiger partial charge on any atom is -0.333 e. The molecule has 1 aromatic carbocycles. The normalized spacial score (nSPS) is 14.2. The highest BCUT2D eigenvalue weighted by atomic mass is 32.1. The SMILES string of the molecule is Cc1nc(CN(C(=O)Cc2ccc(F)cc2)C2CC2)cs1. The van der Waals surface area contributed by atoms with Crippen LogP contribution in [0.5, 0.6) is 0 Å². The predicted octanol–water partition coefficient (Wildman–Crippen LogP) is 3.32. The fourth-order valence-corrected chi connectivity index (χ4v) is 2.94. The zero-order valence-corrected chi connectivity index (χ0v) is 12.7. The van der Waals surface area contributed by atoms with Crippen molar-refractivity contribution in [3.8, 4) is 0 Å². The standard InChI is InChI=1S/C16H17FN2OS/c1-11-18-14(10-21-11)9-19(15-6-7-15)16(20)8-12-2-4-13(17)5-3-12/h2-5,10,15H,6-9H2,1H3. The predicted molar refractivity (Wildman–Crippen MR) is 80.5 cm³/mol. The van der Waals surface area contributed by atoms with Gasteiger partial charge in [-0.05, 0) is 37.5 Å². The van der Waals surface area contributed by atoms with Crippen LogP contribution in [0.3, 0.4) is 0 Å². The highest BCUT2D eigenvalue weighted by Gasteiger charge is 2.32. The quantitative estimate of drug-likeness (QED) is 0.849. The molecular formula is C16H17FN2OS. The molecule has 1 amide bonds. The zero-order valence-electron chi connectivity index (χ0n) is 11.9. The number of amides is 1. The van der Waals surface area contributed by atoms with E-state index in [-0.39, 0.29) is 11.7 Å². The van der Waals surface area contributed by atoms with Crippen LogP contribution in [0.15, 0.2) is 29.6 Å². The monoisotopic (exact) mass is 304 g/mol. The molecule has 0 saturated heterocycles. The first kappa shape index (κ1) is 14.2. The smallest absolute Gasteiger partial charge is 0.227 e. The van der Waals surface area contributed by atoms with Gasteiger partial charge in [0.2, 0.25) is 5.91 Å². The van der Waals surface area contributed by atoms with Crippen molar-refractivity contribution in [2.75, 3.05) is 0 Å². The molecule has 0 spiro atoms. The van der Waals surface area contributed by atoms with Gasteiger partial charge < -0.3 is 4.90 Å². The number of hydrogen-bond donors (Lipinski definition) is 0. The number of aromatic nitrogens is 1. The summed E-state index contributed by atoms with van der Waals surface area (Å²) in [5.74, 6) is -0.182. The molecule has 1 aliphatic carbocycles. The van der Waals surface area contributed by atoms with Crippen LogP contribution in [0.4, 0.5) is 4.39 Å². The minimum atomic E-state index is -0.275. The lowest BCUT2D eigenvalue weighted by Gasteiger charge is -2.21. The summed E-state index contributed by atoms with van der Waals surface area (Å²) in [4.78, 5) is 18.8. The van der Waals surface area contributed by atoms with Gasteiger partial charge in [0.15, 0.2) is 0 Å². The maximum Gasteiger partial charge on any atom is 0.227 e. The van der Waals surface area contributed by atoms with Crippen LogP contribution in [0.25, 0.3) is 0 Å². The molecule has 1 fully saturated rings. The van der Waals surface area contributed by atoms with Crippen molar-refractivity contribution in [3.05, 3.63) is 51.7 Å². The van der Waals surface area contributed by atoms with E-state index in [0.717, 1.165) is 29.1 Å². The molecule has 1 aliphatic rings. The van der Waals surface area contributed by atoms with Crippen LogP contribution in [0.2, 0.25) is 0 Å². The Bertz CT molecular complexity index is 634. The third-order valence-corrected chi connectivity index (χ3v) is 4.40. The average molecular weight is 304 g/mol. The third-order valence-electron chi connectivity index (χ3n) is 3.58. The summed E-state index contributed by atoms with van der Waals surface area (Å²) in [6.07, 6.45) is 2.45. The van der Waals surface area contributed by atoms with E-state index in [4.69, 9.17) is 0 Å². The lowest BCUT2D eigenvalue weighted by atomic mass is 10.1. The van der Waals surface area contributed by atoms with Gasteiger partial charge in [0.05, 0.1) is 23.7 Å². The van der Waals surface area contributed by atoms with E-state index in [2.05, 4.69) is 4.98 Å². The Morgan fingerprint density at radius 1 is 1.38 bits per heavy atom. The highest BCUT2D eigenvalue weighted by Crippen LogP contribution is 2.29. The molecule has 5 heteroatoms. The molecular weight excluding hydrogens is 287 g/mol. The summed E-state index contributed by atoms with van der Waals surface area (Å²) in [6.45, 7) is 2.55. The molecule has 2 aromatic rings. The zero-order chi connectivity index (χ0) is 14.8. The van der Waals surface area contributed by atoms with Crippen molar-refractivity contribution >= 4 is 17.2 Å². The average Bonchev–Trinajstić information content (AvgIpc) is 3.21. The number of halogens is 1. The molecule has 3 nitrogen and oxygen atoms in total. The molecule has 0 bridgehead atoms. The number of carbonyl (C=O) groups excluding carboxylic acids is 1. The maximum atomic E-state index is 12.9. The van der Waals surface area contributed by atoms with Crippen LogP contribution in [0.1, 0.15) is 29.1 Å². The molecule has 0 N–H and O–H groups in total. The van der Waals surface area contributed by atoms with Crippen molar-refractivity contribution in [1.29, 1.82) is 0 Å². The molecule has 1 aromatic heterocycles. The lowest BCUT2D eigenvalue weighted by Crippen LogP contribution is -2.33. The van der Waals surface area contributed by atoms with Crippen molar-refractivity contribution in [2.24, 2.45) is 0 Å². The summed E-state index contributed by atoms with van der Waals surface area (Å²) in [7, 11) is 0. The van der Waals surface area contributed by atoms with Crippen molar-refractivity contribution < 1.29 is 9.18 Å². The summed E-state index contributed by atoms with van der Waals surface area (Å²) >= 11 is 1.61. The maximum absolute atomic E-state index is 12.9. The molecule has 0 aliphatic heterocycles. The van der Waals surface area contributed by atoms with Gasteiger partial charge in [-0.1, -0.05) is 12.1 Å². The fourth-order valence-electron chi connectivity index (χ4n) is 2.34. The second-order valence-electron chi connectivity index (χ2n) is 5.41. The summed E-state index contributed by atoms with van der Waals surface area (Å²) in [5, 5.41) is 3.03. The number of thiazole rings is 1. The second-order valence-corrected chi connectivity index (χ2v) is 6.48. The Morgan fingerprint density at radius 2 is 2.10 bits per heavy atom. The van der Waals surface area contributed by atoms with Gasteiger partial charge in [-0.2, -0.15) is 0 Å². The van der Waals surface area contributed by atoms with Crippen LogP contribution >= 0.6 is 11.3 Å². The first-order valence-corrected chi connectivity index (χ1v) is 7.95. The third kappa shape index (κ3) is 3.67. The summed E-state index contributed by atoms with van der Waals surface area (Å²) in [5.41, 5.74) is 1.80. The van der Waals surface area contributed by atoms with Crippen molar-refractivity contribution in [2.45, 2.75) is 38.8 Å². The topological polar surface area (TPSA) is 33.2 Å². The van der Waals surface area contributed by atoms with Crippen LogP contribution < -0.4 is 0 Å². The molecule has 3 rings (SSSR count). The van der Waals surface area contributed by atoms with E-state index in [9.17, 15) is 9.18 Å². The first-order chi connectivity index (χ1) is 10.1. The molecule has 110 valence electrons. The van der Waals surface area contributed by atoms with Gasteiger partial charge in [0, 0.05) is 11.4 Å². The number of carbonyl (C=O) groups is 1. The largest absolute Gasteiger partial charge is 0.333 e. The van der Waals surface area contributed by atoms with E-state index in [1.54, 1.807) is 23.5 Å². The van der Waals surface area contributed by atoms with E-state index < -0.39 is 0 Å². The molecule has 1 heterocycles. The molecule has 21 heavy (non-hydrogen) atoms. The Labute approximate surface area is 127 Å². The molecule has 0 radical (unpaired) electrons. The number of rotatable bonds is 5. The molecule has 0 unspecified atom stereocenters. The summed E-state index contributed by atoms with van der Waals surface area (Å²) < 4.78 is 12.9. The van der Waals surface area contributed by atoms with E-state index in [1.807, 2.05) is 17.2 Å². The van der Waals surface area contributed by atoms with Gasteiger partial charge in [-0.25, -0.2) is 9.37 Å². The van der Waals surface area contributed by atoms with Gasteiger partial charge in [-0.3, -0.25) is 4.79 Å². The molecule has 1 saturated carbocycles. The number of benzene rings is 1. The van der Waals surface area contributed by atoms with Crippen LogP contribution in [-0.2, 0) is 17.8 Å². The van der Waals surface area contributed by atoms with Crippen LogP contribution in [0, 0.1) is 12.7 Å². The number of nitrogens with zero attached hydrogens (tertiary/aromatic N) is 2. The molecule has 0 atom stereocenters. The Balaban J connectivity index is 1.68. The number of aryl methyl sites for hydroxylation is 1. The summed E-state index contributed by atoms with van der Waals surface area (Å²) in [6, 6.07) is 6.48. The fraction of sp³-hybridized carbons (Fsp3) is 0.375. The van der Waals surface area contributed by atoms with Gasteiger partial charge in [-0.15, -0.1) is 11.3 Å². The van der Waals surface area contributed by atoms with Gasteiger partial charge >= 0.3 is 0 Å². The van der Waals surface area contributed by atoms with Crippen LogP contribution in [-0.4, -0.2) is 21.8 Å². The Morgan fingerprint density at radius 3 is 2.67 bits per heavy atom. The second kappa shape index (κ2) is 5.93. The van der Waals surface area contributed by atoms with Gasteiger partial charge in [0.25, 0.3) is 0 Å². The lowest BCUT2D eigenvalue weighted by molar-refractivity contribution is -0.131. The first-order valence-electron chi connectivity index (χ1n) is 7.07. The van der Waals surface area contributed by atoms with E-state index >= 15 is 0 Å². The Hall–Kier alpha value is -1.75. The van der Waals surface area contributed by atoms with Gasteiger partial charge in [0.1, 0.15) is 5.82 Å². The minimum absolute atomic E-state index is 0.0924. The van der Waals surface area contributed by atoms with Crippen molar-refractivity contribution in [1.82, 2.24) is 9.88 Å². The van der Waals surface area contributed by atoms with E-state index in [1.165, 1.54) is 12.1 Å².